The van der Waals surface area contributed by atoms with Crippen LogP contribution in [0.2, 0.25) is 5.15 Å². The Labute approximate surface area is 159 Å². The van der Waals surface area contributed by atoms with Crippen LogP contribution in [0.25, 0.3) is 11.3 Å². The van der Waals surface area contributed by atoms with Crippen molar-refractivity contribution in [2.24, 2.45) is 7.05 Å². The maximum Gasteiger partial charge on any atom is 0.257 e. The van der Waals surface area contributed by atoms with Gasteiger partial charge in [-0.15, -0.1) is 0 Å². The zero-order valence-electron chi connectivity index (χ0n) is 14.7. The number of hydrogen-bond acceptors (Lipinski definition) is 3. The van der Waals surface area contributed by atoms with Crippen molar-refractivity contribution in [3.8, 4) is 11.3 Å². The molecule has 0 aliphatic heterocycles. The monoisotopic (exact) mass is 398 g/mol. The smallest absolute Gasteiger partial charge is 0.257 e. The van der Waals surface area contributed by atoms with Crippen molar-refractivity contribution in [3.63, 3.8) is 0 Å². The summed E-state index contributed by atoms with van der Waals surface area (Å²) in [5.41, 5.74) is 2.90. The van der Waals surface area contributed by atoms with E-state index < -0.39 is 24.9 Å². The lowest BCUT2D eigenvalue weighted by Gasteiger charge is -2.12. The fraction of sp³-hybridized carbons (Fsp3) is 0.333. The molecular formula is C18H18ClF3N4O. The molecule has 0 aliphatic rings. The standard InChI is InChI=1S/C18H18ClF3N4O/c1-10(27)15-6-13(20)3-4-14(15)17-11(7-25(2)23-17)5-12-8-26(9-16(21)22)24-18(12)19/h3-4,6-8,10,16,27H,5,9H2,1-2H3/t10-/m1/s1. The van der Waals surface area contributed by atoms with E-state index in [0.717, 1.165) is 10.2 Å². The van der Waals surface area contributed by atoms with E-state index in [1.54, 1.807) is 30.9 Å². The number of aliphatic hydroxyl groups is 1. The Balaban J connectivity index is 2.00. The van der Waals surface area contributed by atoms with E-state index in [1.165, 1.54) is 18.3 Å². The van der Waals surface area contributed by atoms with Gasteiger partial charge in [0.1, 0.15) is 12.4 Å². The summed E-state index contributed by atoms with van der Waals surface area (Å²) in [6, 6.07) is 4.13. The Morgan fingerprint density at radius 2 is 1.93 bits per heavy atom. The van der Waals surface area contributed by atoms with Gasteiger partial charge >= 0.3 is 0 Å². The Kier molecular flexibility index (Phi) is 5.57. The van der Waals surface area contributed by atoms with Crippen molar-refractivity contribution < 1.29 is 18.3 Å². The molecule has 27 heavy (non-hydrogen) atoms. The van der Waals surface area contributed by atoms with Crippen LogP contribution >= 0.6 is 11.6 Å². The highest BCUT2D eigenvalue weighted by Crippen LogP contribution is 2.32. The number of rotatable bonds is 6. The minimum atomic E-state index is -2.53. The van der Waals surface area contributed by atoms with Crippen LogP contribution in [-0.4, -0.2) is 31.1 Å². The van der Waals surface area contributed by atoms with Crippen LogP contribution in [-0.2, 0) is 20.0 Å². The molecule has 3 aromatic rings. The van der Waals surface area contributed by atoms with Gasteiger partial charge in [-0.25, -0.2) is 13.2 Å². The van der Waals surface area contributed by atoms with Gasteiger partial charge in [-0.3, -0.25) is 9.36 Å². The second kappa shape index (κ2) is 7.74. The first-order valence-corrected chi connectivity index (χ1v) is 8.62. The van der Waals surface area contributed by atoms with Crippen molar-refractivity contribution in [1.29, 1.82) is 0 Å². The first-order chi connectivity index (χ1) is 12.7. The van der Waals surface area contributed by atoms with Gasteiger partial charge in [0.2, 0.25) is 0 Å². The molecule has 0 saturated carbocycles. The minimum absolute atomic E-state index is 0.139. The lowest BCUT2D eigenvalue weighted by Crippen LogP contribution is -2.06. The van der Waals surface area contributed by atoms with Crippen LogP contribution in [0.3, 0.4) is 0 Å². The van der Waals surface area contributed by atoms with Gasteiger partial charge in [0, 0.05) is 42.6 Å². The maximum atomic E-state index is 13.6. The van der Waals surface area contributed by atoms with E-state index in [9.17, 15) is 18.3 Å². The zero-order chi connectivity index (χ0) is 19.7. The largest absolute Gasteiger partial charge is 0.389 e. The molecule has 144 valence electrons. The number of hydrogen-bond donors (Lipinski definition) is 1. The number of benzene rings is 1. The van der Waals surface area contributed by atoms with Crippen molar-refractivity contribution in [3.05, 3.63) is 58.3 Å². The van der Waals surface area contributed by atoms with Gasteiger partial charge in [-0.05, 0) is 30.7 Å². The molecule has 0 spiro atoms. The number of aryl methyl sites for hydroxylation is 1. The molecule has 0 amide bonds. The maximum absolute atomic E-state index is 13.6. The Morgan fingerprint density at radius 1 is 1.19 bits per heavy atom. The summed E-state index contributed by atoms with van der Waals surface area (Å²) in [5, 5.41) is 18.5. The highest BCUT2D eigenvalue weighted by molar-refractivity contribution is 6.30. The molecule has 0 bridgehead atoms. The van der Waals surface area contributed by atoms with E-state index >= 15 is 0 Å². The van der Waals surface area contributed by atoms with Gasteiger partial charge in [0.05, 0.1) is 11.8 Å². The predicted octanol–water partition coefficient (Wildman–Crippen LogP) is 3.99. The summed E-state index contributed by atoms with van der Waals surface area (Å²) in [4.78, 5) is 0. The Morgan fingerprint density at radius 3 is 2.59 bits per heavy atom. The SMILES string of the molecule is C[C@@H](O)c1cc(F)ccc1-c1nn(C)cc1Cc1cn(CC(F)F)nc1Cl. The average Bonchev–Trinajstić information content (AvgIpc) is 3.09. The molecule has 0 aliphatic carbocycles. The topological polar surface area (TPSA) is 55.9 Å². The first-order valence-electron chi connectivity index (χ1n) is 8.25. The fourth-order valence-electron chi connectivity index (χ4n) is 2.99. The van der Waals surface area contributed by atoms with E-state index in [4.69, 9.17) is 11.6 Å². The highest BCUT2D eigenvalue weighted by Gasteiger charge is 2.19. The van der Waals surface area contributed by atoms with Crippen molar-refractivity contribution in [2.45, 2.75) is 32.4 Å². The highest BCUT2D eigenvalue weighted by atomic mass is 35.5. The van der Waals surface area contributed by atoms with Crippen molar-refractivity contribution in [1.82, 2.24) is 19.6 Å². The van der Waals surface area contributed by atoms with Gasteiger partial charge in [-0.2, -0.15) is 10.2 Å². The third-order valence-corrected chi connectivity index (χ3v) is 4.43. The van der Waals surface area contributed by atoms with Gasteiger partial charge < -0.3 is 5.11 Å². The number of halogens is 4. The second-order valence-electron chi connectivity index (χ2n) is 6.32. The number of aromatic nitrogens is 4. The molecule has 0 unspecified atom stereocenters. The number of alkyl halides is 2. The molecule has 1 N–H and O–H groups in total. The Bertz CT molecular complexity index is 952. The summed E-state index contributed by atoms with van der Waals surface area (Å²) in [6.45, 7) is 1.01. The molecule has 0 saturated heterocycles. The van der Waals surface area contributed by atoms with E-state index in [0.29, 0.717) is 28.8 Å². The molecular weight excluding hydrogens is 381 g/mol. The normalized spacial score (nSPS) is 12.7. The van der Waals surface area contributed by atoms with Crippen LogP contribution in [0.1, 0.15) is 29.7 Å². The number of nitrogens with zero attached hydrogens (tertiary/aromatic N) is 4. The molecule has 1 aromatic carbocycles. The van der Waals surface area contributed by atoms with E-state index in [-0.39, 0.29) is 5.15 Å². The van der Waals surface area contributed by atoms with Gasteiger partial charge in [-0.1, -0.05) is 11.6 Å². The van der Waals surface area contributed by atoms with Crippen LogP contribution in [0.15, 0.2) is 30.6 Å². The Hall–Kier alpha value is -2.32. The lowest BCUT2D eigenvalue weighted by molar-refractivity contribution is 0.122. The summed E-state index contributed by atoms with van der Waals surface area (Å²) < 4.78 is 41.4. The molecule has 0 fully saturated rings. The third-order valence-electron chi connectivity index (χ3n) is 4.12. The molecule has 0 radical (unpaired) electrons. The van der Waals surface area contributed by atoms with E-state index in [1.807, 2.05) is 0 Å². The van der Waals surface area contributed by atoms with Gasteiger partial charge in [0.15, 0.2) is 5.15 Å². The molecule has 3 rings (SSSR count). The molecule has 2 aromatic heterocycles. The number of aliphatic hydroxyl groups excluding tert-OH is 1. The summed E-state index contributed by atoms with van der Waals surface area (Å²) in [7, 11) is 1.74. The second-order valence-corrected chi connectivity index (χ2v) is 6.68. The lowest BCUT2D eigenvalue weighted by atomic mass is 9.96. The summed E-state index contributed by atoms with van der Waals surface area (Å²) in [5.74, 6) is -0.455. The first kappa shape index (κ1) is 19.4. The summed E-state index contributed by atoms with van der Waals surface area (Å²) in [6.07, 6.45) is 0.136. The fourth-order valence-corrected chi connectivity index (χ4v) is 3.20. The summed E-state index contributed by atoms with van der Waals surface area (Å²) >= 11 is 6.09. The quantitative estimate of drug-likeness (QED) is 0.683. The molecule has 9 heteroatoms. The molecule has 5 nitrogen and oxygen atoms in total. The minimum Gasteiger partial charge on any atom is -0.389 e. The molecule has 2 heterocycles. The van der Waals surface area contributed by atoms with Crippen LogP contribution in [0, 0.1) is 5.82 Å². The third kappa shape index (κ3) is 4.33. The van der Waals surface area contributed by atoms with Crippen LogP contribution < -0.4 is 0 Å². The van der Waals surface area contributed by atoms with Crippen LogP contribution in [0.5, 0.6) is 0 Å². The average molecular weight is 399 g/mol. The van der Waals surface area contributed by atoms with Crippen molar-refractivity contribution in [2.75, 3.05) is 0 Å². The zero-order valence-corrected chi connectivity index (χ0v) is 15.5. The van der Waals surface area contributed by atoms with Crippen LogP contribution in [0.4, 0.5) is 13.2 Å². The van der Waals surface area contributed by atoms with Crippen molar-refractivity contribution >= 4 is 11.6 Å². The molecule has 1 atom stereocenters. The van der Waals surface area contributed by atoms with Gasteiger partial charge in [0.25, 0.3) is 6.43 Å². The predicted molar refractivity (Wildman–Crippen MR) is 95.3 cm³/mol. The van der Waals surface area contributed by atoms with E-state index in [2.05, 4.69) is 10.2 Å².